The van der Waals surface area contributed by atoms with Crippen molar-refractivity contribution in [2.24, 2.45) is 0 Å². The predicted molar refractivity (Wildman–Crippen MR) is 109 cm³/mol. The number of nitrogens with one attached hydrogen (secondary N) is 3. The number of nitrogens with zero attached hydrogens (tertiary/aromatic N) is 2. The quantitative estimate of drug-likeness (QED) is 0.610. The van der Waals surface area contributed by atoms with Gasteiger partial charge in [-0.3, -0.25) is 14.6 Å². The molecular formula is C21H23N5O2. The van der Waals surface area contributed by atoms with Gasteiger partial charge in [0.15, 0.2) is 0 Å². The minimum atomic E-state index is -0.710. The molecule has 3 N–H and O–H groups in total. The van der Waals surface area contributed by atoms with E-state index in [-0.39, 0.29) is 0 Å². The highest BCUT2D eigenvalue weighted by Gasteiger charge is 2.16. The molecule has 2 amide bonds. The summed E-state index contributed by atoms with van der Waals surface area (Å²) in [5.74, 6) is -1.38. The molecular weight excluding hydrogens is 354 g/mol. The lowest BCUT2D eigenvalue weighted by Crippen LogP contribution is -2.35. The summed E-state index contributed by atoms with van der Waals surface area (Å²) >= 11 is 0. The highest BCUT2D eigenvalue weighted by molar-refractivity contribution is 6.40. The molecule has 7 heteroatoms. The number of pyridine rings is 1. The Kier molecular flexibility index (Phi) is 5.23. The number of benzene rings is 1. The Labute approximate surface area is 163 Å². The van der Waals surface area contributed by atoms with E-state index in [1.54, 1.807) is 18.5 Å². The van der Waals surface area contributed by atoms with E-state index in [4.69, 9.17) is 0 Å². The highest BCUT2D eigenvalue weighted by atomic mass is 16.2. The van der Waals surface area contributed by atoms with Crippen LogP contribution >= 0.6 is 0 Å². The van der Waals surface area contributed by atoms with Gasteiger partial charge in [0.1, 0.15) is 5.52 Å². The smallest absolute Gasteiger partial charge is 0.313 e. The fraction of sp³-hybridized carbons (Fsp3) is 0.286. The Morgan fingerprint density at radius 2 is 1.93 bits per heavy atom. The Balaban J connectivity index is 1.35. The average molecular weight is 377 g/mol. The first kappa shape index (κ1) is 18.0. The number of carbonyl (C=O) groups excluding carboxylic acids is 2. The van der Waals surface area contributed by atoms with Crippen molar-refractivity contribution in [2.45, 2.75) is 25.8 Å². The van der Waals surface area contributed by atoms with Crippen LogP contribution in [0.3, 0.4) is 0 Å². The van der Waals surface area contributed by atoms with E-state index in [1.165, 1.54) is 24.9 Å². The number of aromatic amines is 1. The number of hydrogen-bond acceptors (Lipinski definition) is 4. The third kappa shape index (κ3) is 3.98. The molecule has 1 fully saturated rings. The number of rotatable bonds is 4. The van der Waals surface area contributed by atoms with Crippen LogP contribution in [0.25, 0.3) is 11.0 Å². The zero-order valence-electron chi connectivity index (χ0n) is 15.6. The zero-order valence-corrected chi connectivity index (χ0v) is 15.6. The second kappa shape index (κ2) is 8.12. The second-order valence-corrected chi connectivity index (χ2v) is 6.96. The molecule has 1 aliphatic rings. The van der Waals surface area contributed by atoms with Crippen molar-refractivity contribution in [3.8, 4) is 0 Å². The van der Waals surface area contributed by atoms with Gasteiger partial charge in [0.05, 0.1) is 11.2 Å². The molecule has 0 radical (unpaired) electrons. The fourth-order valence-corrected chi connectivity index (χ4v) is 3.51. The molecule has 3 heterocycles. The molecule has 0 aliphatic carbocycles. The summed E-state index contributed by atoms with van der Waals surface area (Å²) in [7, 11) is 0. The highest BCUT2D eigenvalue weighted by Crippen LogP contribution is 2.21. The first-order valence-corrected chi connectivity index (χ1v) is 9.56. The minimum absolute atomic E-state index is 0.306. The number of amides is 2. The Morgan fingerprint density at radius 1 is 1.07 bits per heavy atom. The summed E-state index contributed by atoms with van der Waals surface area (Å²) in [6.07, 6.45) is 6.98. The lowest BCUT2D eigenvalue weighted by Gasteiger charge is -2.29. The third-order valence-corrected chi connectivity index (χ3v) is 4.97. The first-order chi connectivity index (χ1) is 13.7. The molecule has 0 saturated carbocycles. The normalized spacial score (nSPS) is 14.1. The van der Waals surface area contributed by atoms with E-state index in [0.29, 0.717) is 17.7 Å². The van der Waals surface area contributed by atoms with Crippen LogP contribution in [0.15, 0.2) is 48.8 Å². The van der Waals surface area contributed by atoms with E-state index in [9.17, 15) is 9.59 Å². The SMILES string of the molecule is O=C(NCc1cccc(N2CCCCC2)c1)C(=O)Nc1c[nH]c2cccnc12. The Bertz CT molecular complexity index is 991. The second-order valence-electron chi connectivity index (χ2n) is 6.96. The van der Waals surface area contributed by atoms with E-state index in [0.717, 1.165) is 24.2 Å². The zero-order chi connectivity index (χ0) is 19.3. The van der Waals surface area contributed by atoms with Crippen LogP contribution in [0.2, 0.25) is 0 Å². The number of fused-ring (bicyclic) bond motifs is 1. The number of carbonyl (C=O) groups is 2. The number of H-pyrrole nitrogens is 1. The van der Waals surface area contributed by atoms with E-state index in [1.807, 2.05) is 18.2 Å². The van der Waals surface area contributed by atoms with Crippen molar-refractivity contribution >= 4 is 34.2 Å². The van der Waals surface area contributed by atoms with Crippen LogP contribution < -0.4 is 15.5 Å². The molecule has 0 bridgehead atoms. The van der Waals surface area contributed by atoms with Gasteiger partial charge in [0, 0.05) is 37.7 Å². The number of anilines is 2. The molecule has 4 rings (SSSR count). The van der Waals surface area contributed by atoms with E-state index in [2.05, 4.69) is 37.6 Å². The standard InChI is InChI=1S/C21H23N5O2/c27-20(21(28)25-18-14-23-17-8-5-9-22-19(17)18)24-13-15-6-4-7-16(12-15)26-10-2-1-3-11-26/h4-9,12,14,23H,1-3,10-11,13H2,(H,24,27)(H,25,28). The van der Waals surface area contributed by atoms with Gasteiger partial charge in [0.2, 0.25) is 0 Å². The van der Waals surface area contributed by atoms with Gasteiger partial charge in [0.25, 0.3) is 0 Å². The Morgan fingerprint density at radius 3 is 2.79 bits per heavy atom. The molecule has 144 valence electrons. The van der Waals surface area contributed by atoms with Crippen molar-refractivity contribution in [3.63, 3.8) is 0 Å². The van der Waals surface area contributed by atoms with Crippen molar-refractivity contribution < 1.29 is 9.59 Å². The number of piperidine rings is 1. The molecule has 0 unspecified atom stereocenters. The summed E-state index contributed by atoms with van der Waals surface area (Å²) in [5, 5.41) is 5.30. The van der Waals surface area contributed by atoms with Crippen LogP contribution in [-0.2, 0) is 16.1 Å². The van der Waals surface area contributed by atoms with Crippen molar-refractivity contribution in [1.29, 1.82) is 0 Å². The fourth-order valence-electron chi connectivity index (χ4n) is 3.51. The number of hydrogen-bond donors (Lipinski definition) is 3. The molecule has 7 nitrogen and oxygen atoms in total. The summed E-state index contributed by atoms with van der Waals surface area (Å²) in [4.78, 5) is 34.0. The van der Waals surface area contributed by atoms with Gasteiger partial charge < -0.3 is 20.5 Å². The van der Waals surface area contributed by atoms with Crippen LogP contribution in [-0.4, -0.2) is 34.9 Å². The summed E-state index contributed by atoms with van der Waals surface area (Å²) in [5.41, 5.74) is 4.05. The van der Waals surface area contributed by atoms with E-state index < -0.39 is 11.8 Å². The third-order valence-electron chi connectivity index (χ3n) is 4.97. The van der Waals surface area contributed by atoms with Crippen molar-refractivity contribution in [3.05, 3.63) is 54.4 Å². The molecule has 1 saturated heterocycles. The molecule has 3 aromatic rings. The van der Waals surface area contributed by atoms with E-state index >= 15 is 0 Å². The monoisotopic (exact) mass is 377 g/mol. The maximum absolute atomic E-state index is 12.2. The first-order valence-electron chi connectivity index (χ1n) is 9.56. The molecule has 0 atom stereocenters. The lowest BCUT2D eigenvalue weighted by atomic mass is 10.1. The van der Waals surface area contributed by atoms with Gasteiger partial charge in [-0.05, 0) is 49.1 Å². The lowest BCUT2D eigenvalue weighted by molar-refractivity contribution is -0.136. The van der Waals surface area contributed by atoms with Gasteiger partial charge in [-0.15, -0.1) is 0 Å². The summed E-state index contributed by atoms with van der Waals surface area (Å²) in [6.45, 7) is 2.44. The van der Waals surface area contributed by atoms with Gasteiger partial charge >= 0.3 is 11.8 Å². The van der Waals surface area contributed by atoms with Crippen LogP contribution in [0.4, 0.5) is 11.4 Å². The minimum Gasteiger partial charge on any atom is -0.372 e. The van der Waals surface area contributed by atoms with Crippen molar-refractivity contribution in [1.82, 2.24) is 15.3 Å². The molecule has 0 spiro atoms. The number of aromatic nitrogens is 2. The molecule has 28 heavy (non-hydrogen) atoms. The Hall–Kier alpha value is -3.35. The van der Waals surface area contributed by atoms with Gasteiger partial charge in [-0.2, -0.15) is 0 Å². The summed E-state index contributed by atoms with van der Waals surface area (Å²) < 4.78 is 0. The summed E-state index contributed by atoms with van der Waals surface area (Å²) in [6, 6.07) is 11.8. The topological polar surface area (TPSA) is 90.1 Å². The van der Waals surface area contributed by atoms with Crippen LogP contribution in [0.1, 0.15) is 24.8 Å². The predicted octanol–water partition coefficient (Wildman–Crippen LogP) is 2.81. The van der Waals surface area contributed by atoms with Gasteiger partial charge in [-0.25, -0.2) is 0 Å². The molecule has 2 aromatic heterocycles. The van der Waals surface area contributed by atoms with Crippen LogP contribution in [0, 0.1) is 0 Å². The van der Waals surface area contributed by atoms with Crippen molar-refractivity contribution in [2.75, 3.05) is 23.3 Å². The largest absolute Gasteiger partial charge is 0.372 e. The van der Waals surface area contributed by atoms with Crippen LogP contribution in [0.5, 0.6) is 0 Å². The average Bonchev–Trinajstić information content (AvgIpc) is 3.16. The maximum atomic E-state index is 12.2. The molecule has 1 aromatic carbocycles. The maximum Gasteiger partial charge on any atom is 0.313 e. The molecule has 1 aliphatic heterocycles. The van der Waals surface area contributed by atoms with Gasteiger partial charge in [-0.1, -0.05) is 12.1 Å².